The Kier molecular flexibility index (Phi) is 4.99. The average Bonchev–Trinajstić information content (AvgIpc) is 3.06. The lowest BCUT2D eigenvalue weighted by Crippen LogP contribution is -2.16. The highest BCUT2D eigenvalue weighted by Crippen LogP contribution is 2.23. The molecule has 1 N–H and O–H groups in total. The van der Waals surface area contributed by atoms with Crippen LogP contribution in [0.15, 0.2) is 59.9 Å². The van der Waals surface area contributed by atoms with Crippen LogP contribution in [0.25, 0.3) is 5.69 Å². The van der Waals surface area contributed by atoms with Crippen LogP contribution < -0.4 is 5.32 Å². The monoisotopic (exact) mass is 372 g/mol. The number of nitrogens with zero attached hydrogens (tertiary/aromatic N) is 3. The van der Waals surface area contributed by atoms with Crippen LogP contribution in [-0.4, -0.2) is 26.6 Å². The van der Waals surface area contributed by atoms with Gasteiger partial charge in [0.2, 0.25) is 0 Å². The first kappa shape index (κ1) is 17.6. The van der Waals surface area contributed by atoms with Gasteiger partial charge in [-0.15, -0.1) is 0 Å². The van der Waals surface area contributed by atoms with Crippen molar-refractivity contribution < 1.29 is 14.1 Å². The number of nitrogens with one attached hydrogen (secondary N) is 1. The Morgan fingerprint density at radius 3 is 2.65 bits per heavy atom. The number of anilines is 1. The Bertz CT molecular complexity index is 972. The average molecular weight is 372 g/mol. The lowest BCUT2D eigenvalue weighted by Gasteiger charge is -2.11. The van der Waals surface area contributed by atoms with Crippen LogP contribution in [0, 0.1) is 15.9 Å². The smallest absolute Gasteiger partial charge is 0.274 e. The van der Waals surface area contributed by atoms with E-state index in [-0.39, 0.29) is 17.2 Å². The molecule has 0 radical (unpaired) electrons. The van der Waals surface area contributed by atoms with Crippen LogP contribution in [0.5, 0.6) is 0 Å². The summed E-state index contributed by atoms with van der Waals surface area (Å²) in [5, 5.41) is 14.0. The number of imidazole rings is 1. The molecule has 26 heavy (non-hydrogen) atoms. The highest BCUT2D eigenvalue weighted by Gasteiger charge is 2.18. The molecule has 1 heterocycles. The molecule has 1 amide bonds. The molecule has 9 heteroatoms. The molecule has 7 nitrogen and oxygen atoms in total. The Balaban J connectivity index is 1.95. The van der Waals surface area contributed by atoms with Gasteiger partial charge >= 0.3 is 0 Å². The number of hydrogen-bond donors (Lipinski definition) is 1. The second kappa shape index (κ2) is 7.36. The number of rotatable bonds is 5. The molecule has 0 atom stereocenters. The molecule has 0 aliphatic heterocycles. The van der Waals surface area contributed by atoms with Gasteiger partial charge in [-0.1, -0.05) is 17.8 Å². The molecule has 2 aromatic carbocycles. The Morgan fingerprint density at radius 1 is 1.27 bits per heavy atom. The molecule has 3 aromatic rings. The number of hydrogen-bond acceptors (Lipinski definition) is 5. The number of non-ortho nitro benzene ring substituents is 1. The number of aromatic nitrogens is 2. The largest absolute Gasteiger partial charge is 0.320 e. The molecular weight excluding hydrogens is 359 g/mol. The maximum absolute atomic E-state index is 13.2. The van der Waals surface area contributed by atoms with Gasteiger partial charge in [0.05, 0.1) is 11.1 Å². The molecule has 0 aliphatic carbocycles. The van der Waals surface area contributed by atoms with Crippen molar-refractivity contribution in [2.75, 3.05) is 11.6 Å². The van der Waals surface area contributed by atoms with E-state index in [4.69, 9.17) is 0 Å². The van der Waals surface area contributed by atoms with E-state index in [1.54, 1.807) is 22.8 Å². The number of nitro groups is 1. The van der Waals surface area contributed by atoms with Crippen LogP contribution in [0.1, 0.15) is 10.5 Å². The summed E-state index contributed by atoms with van der Waals surface area (Å²) < 4.78 is 14.8. The lowest BCUT2D eigenvalue weighted by molar-refractivity contribution is -0.384. The number of nitro benzene ring substituents is 1. The van der Waals surface area contributed by atoms with Crippen LogP contribution >= 0.6 is 11.8 Å². The zero-order chi connectivity index (χ0) is 18.7. The van der Waals surface area contributed by atoms with Crippen molar-refractivity contribution in [1.82, 2.24) is 9.55 Å². The Morgan fingerprint density at radius 2 is 2.00 bits per heavy atom. The van der Waals surface area contributed by atoms with Crippen LogP contribution in [0.4, 0.5) is 15.8 Å². The predicted molar refractivity (Wildman–Crippen MR) is 96.4 cm³/mol. The van der Waals surface area contributed by atoms with Gasteiger partial charge < -0.3 is 5.32 Å². The summed E-state index contributed by atoms with van der Waals surface area (Å²) in [6.45, 7) is 0. The van der Waals surface area contributed by atoms with E-state index in [9.17, 15) is 19.3 Å². The van der Waals surface area contributed by atoms with Crippen molar-refractivity contribution in [3.05, 3.63) is 76.4 Å². The van der Waals surface area contributed by atoms with Gasteiger partial charge in [0.15, 0.2) is 5.16 Å². The summed E-state index contributed by atoms with van der Waals surface area (Å²) in [6, 6.07) is 11.3. The molecule has 132 valence electrons. The van der Waals surface area contributed by atoms with Gasteiger partial charge in [-0.3, -0.25) is 19.5 Å². The molecule has 0 saturated carbocycles. The van der Waals surface area contributed by atoms with E-state index in [2.05, 4.69) is 10.3 Å². The fourth-order valence-electron chi connectivity index (χ4n) is 2.37. The van der Waals surface area contributed by atoms with Gasteiger partial charge in [-0.05, 0) is 36.6 Å². The number of halogens is 1. The van der Waals surface area contributed by atoms with Crippen molar-refractivity contribution in [3.8, 4) is 5.69 Å². The highest BCUT2D eigenvalue weighted by molar-refractivity contribution is 7.98. The SMILES string of the molecule is CSc1ncc(C(=O)Nc2cccc([N+](=O)[O-])c2)n1-c1ccc(F)cc1. The molecule has 3 rings (SSSR count). The van der Waals surface area contributed by atoms with Crippen LogP contribution in [-0.2, 0) is 0 Å². The maximum atomic E-state index is 13.2. The summed E-state index contributed by atoms with van der Waals surface area (Å²) in [4.78, 5) is 27.2. The summed E-state index contributed by atoms with van der Waals surface area (Å²) >= 11 is 1.33. The minimum absolute atomic E-state index is 0.125. The van der Waals surface area contributed by atoms with Crippen molar-refractivity contribution in [2.24, 2.45) is 0 Å². The quantitative estimate of drug-likeness (QED) is 0.417. The zero-order valence-corrected chi connectivity index (χ0v) is 14.4. The Labute approximate surface area is 152 Å². The van der Waals surface area contributed by atoms with Gasteiger partial charge in [0.1, 0.15) is 11.5 Å². The molecular formula is C17H13FN4O3S. The van der Waals surface area contributed by atoms with E-state index >= 15 is 0 Å². The minimum atomic E-state index is -0.537. The molecule has 0 bridgehead atoms. The van der Waals surface area contributed by atoms with Crippen molar-refractivity contribution in [1.29, 1.82) is 0 Å². The number of amides is 1. The first-order valence-corrected chi connectivity index (χ1v) is 8.65. The van der Waals surface area contributed by atoms with Gasteiger partial charge in [0.25, 0.3) is 11.6 Å². The summed E-state index contributed by atoms with van der Waals surface area (Å²) in [6.07, 6.45) is 3.21. The van der Waals surface area contributed by atoms with Crippen LogP contribution in [0.2, 0.25) is 0 Å². The number of thioether (sulfide) groups is 1. The number of carbonyl (C=O) groups is 1. The summed E-state index contributed by atoms with van der Waals surface area (Å²) in [5.74, 6) is -0.871. The molecule has 0 unspecified atom stereocenters. The fraction of sp³-hybridized carbons (Fsp3) is 0.0588. The van der Waals surface area contributed by atoms with E-state index in [1.165, 1.54) is 48.3 Å². The summed E-state index contributed by atoms with van der Waals surface area (Å²) in [7, 11) is 0. The standard InChI is InChI=1S/C17H13FN4O3S/c1-26-17-19-10-15(21(17)13-7-5-11(18)6-8-13)16(23)20-12-3-2-4-14(9-12)22(24)25/h2-10H,1H3,(H,20,23). The number of carbonyl (C=O) groups excluding carboxylic acids is 1. The maximum Gasteiger partial charge on any atom is 0.274 e. The van der Waals surface area contributed by atoms with Gasteiger partial charge in [0, 0.05) is 23.5 Å². The van der Waals surface area contributed by atoms with Crippen molar-refractivity contribution in [3.63, 3.8) is 0 Å². The third kappa shape index (κ3) is 3.57. The molecule has 0 saturated heterocycles. The van der Waals surface area contributed by atoms with Crippen molar-refractivity contribution in [2.45, 2.75) is 5.16 Å². The summed E-state index contributed by atoms with van der Waals surface area (Å²) in [5.41, 5.74) is 0.978. The van der Waals surface area contributed by atoms with E-state index in [1.807, 2.05) is 6.26 Å². The van der Waals surface area contributed by atoms with Crippen molar-refractivity contribution >= 4 is 29.0 Å². The van der Waals surface area contributed by atoms with Crippen LogP contribution in [0.3, 0.4) is 0 Å². The minimum Gasteiger partial charge on any atom is -0.320 e. The molecule has 0 aliphatic rings. The highest BCUT2D eigenvalue weighted by atomic mass is 32.2. The second-order valence-electron chi connectivity index (χ2n) is 5.20. The molecule has 0 spiro atoms. The first-order chi connectivity index (χ1) is 12.5. The lowest BCUT2D eigenvalue weighted by atomic mass is 10.2. The van der Waals surface area contributed by atoms with E-state index in [0.29, 0.717) is 16.5 Å². The zero-order valence-electron chi connectivity index (χ0n) is 13.5. The third-order valence-electron chi connectivity index (χ3n) is 3.54. The third-order valence-corrected chi connectivity index (χ3v) is 4.20. The molecule has 1 aromatic heterocycles. The second-order valence-corrected chi connectivity index (χ2v) is 5.98. The normalized spacial score (nSPS) is 10.5. The van der Waals surface area contributed by atoms with E-state index < -0.39 is 10.8 Å². The first-order valence-electron chi connectivity index (χ1n) is 7.43. The predicted octanol–water partition coefficient (Wildman–Crippen LogP) is 3.89. The molecule has 0 fully saturated rings. The Hall–Kier alpha value is -3.20. The fourth-order valence-corrected chi connectivity index (χ4v) is 2.92. The topological polar surface area (TPSA) is 90.1 Å². The van der Waals surface area contributed by atoms with E-state index in [0.717, 1.165) is 0 Å². The van der Waals surface area contributed by atoms with Gasteiger partial charge in [-0.2, -0.15) is 0 Å². The number of benzene rings is 2. The van der Waals surface area contributed by atoms with Gasteiger partial charge in [-0.25, -0.2) is 9.37 Å².